The second-order valence-corrected chi connectivity index (χ2v) is 12.6. The molecule has 1 saturated heterocycles. The number of nitrogens with one attached hydrogen (secondary N) is 1. The molecule has 1 aromatic carbocycles. The molecular formula is C24H23ClN6O4S2. The van der Waals surface area contributed by atoms with Crippen molar-refractivity contribution in [3.05, 3.63) is 91.7 Å². The van der Waals surface area contributed by atoms with E-state index in [0.717, 1.165) is 11.3 Å². The third-order valence-electron chi connectivity index (χ3n) is 6.01. The normalized spacial score (nSPS) is 15.5. The van der Waals surface area contributed by atoms with Crippen LogP contribution in [0.2, 0.25) is 4.34 Å². The van der Waals surface area contributed by atoms with E-state index in [2.05, 4.69) is 20.5 Å². The highest BCUT2D eigenvalue weighted by Gasteiger charge is 2.23. The zero-order chi connectivity index (χ0) is 26.0. The van der Waals surface area contributed by atoms with Crippen LogP contribution >= 0.6 is 22.9 Å². The fourth-order valence-electron chi connectivity index (χ4n) is 4.05. The average molecular weight is 559 g/mol. The van der Waals surface area contributed by atoms with Gasteiger partial charge in [0.2, 0.25) is 0 Å². The summed E-state index contributed by atoms with van der Waals surface area (Å²) in [6.07, 6.45) is 3.43. The number of aromatic nitrogens is 4. The maximum atomic E-state index is 12.4. The first-order chi connectivity index (χ1) is 17.8. The van der Waals surface area contributed by atoms with Crippen LogP contribution in [0.25, 0.3) is 11.4 Å². The van der Waals surface area contributed by atoms with Gasteiger partial charge in [0.15, 0.2) is 9.84 Å². The lowest BCUT2D eigenvalue weighted by atomic mass is 10.1. The Morgan fingerprint density at radius 2 is 1.92 bits per heavy atom. The minimum Gasteiger partial charge on any atom is -0.346 e. The van der Waals surface area contributed by atoms with E-state index >= 15 is 0 Å². The molecule has 4 heterocycles. The molecule has 4 aromatic rings. The molecule has 0 spiro atoms. The van der Waals surface area contributed by atoms with E-state index in [1.54, 1.807) is 45.9 Å². The molecule has 5 rings (SSSR count). The molecule has 0 unspecified atom stereocenters. The van der Waals surface area contributed by atoms with E-state index in [0.29, 0.717) is 40.2 Å². The fraction of sp³-hybridized carbons (Fsp3) is 0.250. The number of carbonyl (C=O) groups is 1. The van der Waals surface area contributed by atoms with Crippen LogP contribution in [0.1, 0.15) is 20.9 Å². The molecule has 0 atom stereocenters. The van der Waals surface area contributed by atoms with Crippen molar-refractivity contribution in [3.8, 4) is 11.4 Å². The van der Waals surface area contributed by atoms with Crippen molar-refractivity contribution in [3.63, 3.8) is 0 Å². The first-order valence-electron chi connectivity index (χ1n) is 11.5. The van der Waals surface area contributed by atoms with Crippen LogP contribution in [0.3, 0.4) is 0 Å². The number of carbonyl (C=O) groups excluding carboxylic acids is 1. The van der Waals surface area contributed by atoms with E-state index in [4.69, 9.17) is 11.6 Å². The van der Waals surface area contributed by atoms with E-state index < -0.39 is 9.84 Å². The number of hydrogen-bond acceptors (Lipinski definition) is 8. The molecular weight excluding hydrogens is 536 g/mol. The van der Waals surface area contributed by atoms with Crippen molar-refractivity contribution in [2.75, 3.05) is 24.6 Å². The zero-order valence-electron chi connectivity index (χ0n) is 19.6. The molecule has 0 aliphatic carbocycles. The van der Waals surface area contributed by atoms with Crippen LogP contribution in [-0.2, 0) is 22.9 Å². The molecule has 13 heteroatoms. The third-order valence-corrected chi connectivity index (χ3v) is 8.85. The second kappa shape index (κ2) is 10.6. The van der Waals surface area contributed by atoms with Gasteiger partial charge in [0.25, 0.3) is 11.5 Å². The van der Waals surface area contributed by atoms with Gasteiger partial charge in [-0.3, -0.25) is 19.1 Å². The maximum absolute atomic E-state index is 12.4. The van der Waals surface area contributed by atoms with Crippen LogP contribution in [-0.4, -0.2) is 63.4 Å². The van der Waals surface area contributed by atoms with Crippen molar-refractivity contribution in [1.29, 1.82) is 0 Å². The quantitative estimate of drug-likeness (QED) is 0.369. The monoisotopic (exact) mass is 558 g/mol. The van der Waals surface area contributed by atoms with Gasteiger partial charge in [0.1, 0.15) is 5.69 Å². The number of pyridine rings is 1. The van der Waals surface area contributed by atoms with Gasteiger partial charge < -0.3 is 5.32 Å². The van der Waals surface area contributed by atoms with E-state index in [1.807, 2.05) is 18.2 Å². The highest BCUT2D eigenvalue weighted by atomic mass is 35.5. The third kappa shape index (κ3) is 5.99. The van der Waals surface area contributed by atoms with Crippen molar-refractivity contribution < 1.29 is 13.2 Å². The summed E-state index contributed by atoms with van der Waals surface area (Å²) >= 11 is 7.11. The number of thiophene rings is 1. The summed E-state index contributed by atoms with van der Waals surface area (Å²) in [4.78, 5) is 27.3. The molecule has 1 N–H and O–H groups in total. The SMILES string of the molecule is O=C(NCc1cn(-c2ccc(-n3ccccc3=O)cc2CN2CCS(=O)(=O)CC2)nn1)c1ccc(Cl)s1. The summed E-state index contributed by atoms with van der Waals surface area (Å²) in [6.45, 7) is 1.52. The van der Waals surface area contributed by atoms with Gasteiger partial charge in [-0.15, -0.1) is 16.4 Å². The Bertz CT molecular complexity index is 1600. The number of benzene rings is 1. The van der Waals surface area contributed by atoms with Crippen molar-refractivity contribution >= 4 is 38.7 Å². The minimum atomic E-state index is -3.01. The second-order valence-electron chi connectivity index (χ2n) is 8.59. The fourth-order valence-corrected chi connectivity index (χ4v) is 6.29. The molecule has 10 nitrogen and oxygen atoms in total. The van der Waals surface area contributed by atoms with Crippen LogP contribution in [0.15, 0.2) is 65.7 Å². The van der Waals surface area contributed by atoms with Crippen LogP contribution in [0, 0.1) is 0 Å². The van der Waals surface area contributed by atoms with Gasteiger partial charge >= 0.3 is 0 Å². The number of sulfone groups is 1. The molecule has 3 aromatic heterocycles. The molecule has 1 aliphatic heterocycles. The Kier molecular flexibility index (Phi) is 7.24. The first kappa shape index (κ1) is 25.3. The molecule has 0 radical (unpaired) electrons. The highest BCUT2D eigenvalue weighted by Crippen LogP contribution is 2.22. The van der Waals surface area contributed by atoms with Crippen molar-refractivity contribution in [2.24, 2.45) is 0 Å². The van der Waals surface area contributed by atoms with Gasteiger partial charge in [-0.05, 0) is 42.0 Å². The largest absolute Gasteiger partial charge is 0.346 e. The average Bonchev–Trinajstić information content (AvgIpc) is 3.53. The van der Waals surface area contributed by atoms with E-state index in [-0.39, 0.29) is 29.5 Å². The summed E-state index contributed by atoms with van der Waals surface area (Å²) in [6, 6.07) is 13.9. The lowest BCUT2D eigenvalue weighted by molar-refractivity contribution is 0.0954. The van der Waals surface area contributed by atoms with Crippen LogP contribution in [0.5, 0.6) is 0 Å². The smallest absolute Gasteiger partial charge is 0.261 e. The zero-order valence-corrected chi connectivity index (χ0v) is 22.0. The van der Waals surface area contributed by atoms with Crippen LogP contribution < -0.4 is 10.9 Å². The molecule has 0 bridgehead atoms. The van der Waals surface area contributed by atoms with Gasteiger partial charge in [-0.2, -0.15) is 0 Å². The summed E-state index contributed by atoms with van der Waals surface area (Å²) in [5.74, 6) is -0.0178. The van der Waals surface area contributed by atoms with Gasteiger partial charge in [-0.1, -0.05) is 22.9 Å². The Morgan fingerprint density at radius 1 is 1.11 bits per heavy atom. The van der Waals surface area contributed by atoms with Gasteiger partial charge in [0.05, 0.1) is 39.1 Å². The standard InChI is InChI=1S/C24H23ClN6O4S2/c25-22-7-6-21(36-22)24(33)26-14-18-16-31(28-27-18)20-5-4-19(30-8-2-1-3-23(30)32)13-17(20)15-29-9-11-37(34,35)12-10-29/h1-8,13,16H,9-12,14-15H2,(H,26,33). The molecule has 1 fully saturated rings. The number of halogens is 1. The Balaban J connectivity index is 1.40. The summed E-state index contributed by atoms with van der Waals surface area (Å²) in [7, 11) is -3.01. The minimum absolute atomic E-state index is 0.114. The topological polar surface area (TPSA) is 119 Å². The first-order valence-corrected chi connectivity index (χ1v) is 14.5. The predicted octanol–water partition coefficient (Wildman–Crippen LogP) is 2.29. The van der Waals surface area contributed by atoms with Crippen molar-refractivity contribution in [1.82, 2.24) is 29.8 Å². The number of amides is 1. The van der Waals surface area contributed by atoms with Crippen LogP contribution in [0.4, 0.5) is 0 Å². The lowest BCUT2D eigenvalue weighted by Crippen LogP contribution is -2.39. The summed E-state index contributed by atoms with van der Waals surface area (Å²) in [5.41, 5.74) is 2.71. The Morgan fingerprint density at radius 3 is 2.65 bits per heavy atom. The number of hydrogen-bond donors (Lipinski definition) is 1. The highest BCUT2D eigenvalue weighted by molar-refractivity contribution is 7.91. The lowest BCUT2D eigenvalue weighted by Gasteiger charge is -2.27. The van der Waals surface area contributed by atoms with Gasteiger partial charge in [0, 0.05) is 37.6 Å². The maximum Gasteiger partial charge on any atom is 0.261 e. The summed E-state index contributed by atoms with van der Waals surface area (Å²) in [5, 5.41) is 11.3. The van der Waals surface area contributed by atoms with Crippen molar-refractivity contribution in [2.45, 2.75) is 13.1 Å². The molecule has 1 aliphatic rings. The van der Waals surface area contributed by atoms with Gasteiger partial charge in [-0.25, -0.2) is 13.1 Å². The molecule has 37 heavy (non-hydrogen) atoms. The number of nitrogens with zero attached hydrogens (tertiary/aromatic N) is 5. The Labute approximate surface area is 222 Å². The molecule has 1 amide bonds. The molecule has 192 valence electrons. The Hall–Kier alpha value is -3.32. The summed E-state index contributed by atoms with van der Waals surface area (Å²) < 4.78 is 27.5. The molecule has 0 saturated carbocycles. The van der Waals surface area contributed by atoms with E-state index in [9.17, 15) is 18.0 Å². The predicted molar refractivity (Wildman–Crippen MR) is 141 cm³/mol. The van der Waals surface area contributed by atoms with E-state index in [1.165, 1.54) is 17.4 Å². The number of rotatable bonds is 7.